The summed E-state index contributed by atoms with van der Waals surface area (Å²) in [7, 11) is 3.55. The second-order valence-corrected chi connectivity index (χ2v) is 7.89. The van der Waals surface area contributed by atoms with Crippen LogP contribution in [0.5, 0.6) is 5.75 Å². The summed E-state index contributed by atoms with van der Waals surface area (Å²) in [5.74, 6) is 0.333. The van der Waals surface area contributed by atoms with Gasteiger partial charge in [-0.2, -0.15) is 0 Å². The van der Waals surface area contributed by atoms with E-state index in [-0.39, 0.29) is 11.9 Å². The molecule has 6 heteroatoms. The number of aryl methyl sites for hydroxylation is 1. The summed E-state index contributed by atoms with van der Waals surface area (Å²) < 4.78 is 6.50. The predicted molar refractivity (Wildman–Crippen MR) is 110 cm³/mol. The molecule has 2 aliphatic rings. The van der Waals surface area contributed by atoms with Crippen molar-refractivity contribution >= 4 is 28.9 Å². The number of nitrogens with one attached hydrogen (secondary N) is 1. The van der Waals surface area contributed by atoms with Gasteiger partial charge in [0.25, 0.3) is 0 Å². The first-order chi connectivity index (χ1) is 12.8. The fraction of sp³-hybridized carbons (Fsp3) is 0.333. The van der Waals surface area contributed by atoms with Gasteiger partial charge in [-0.15, -0.1) is 0 Å². The first-order valence-electron chi connectivity index (χ1n) is 8.99. The minimum atomic E-state index is -0.934. The van der Waals surface area contributed by atoms with Crippen LogP contribution in [0.25, 0.3) is 0 Å². The number of para-hydroxylation sites is 1. The molecule has 27 heavy (non-hydrogen) atoms. The number of fused-ring (bicyclic) bond motifs is 4. The van der Waals surface area contributed by atoms with Crippen molar-refractivity contribution in [2.75, 3.05) is 19.0 Å². The molecule has 1 fully saturated rings. The highest BCUT2D eigenvalue weighted by Crippen LogP contribution is 2.49. The van der Waals surface area contributed by atoms with Crippen molar-refractivity contribution in [1.82, 2.24) is 10.2 Å². The molecule has 1 N–H and O–H groups in total. The Morgan fingerprint density at radius 1 is 1.22 bits per heavy atom. The third kappa shape index (κ3) is 2.67. The summed E-state index contributed by atoms with van der Waals surface area (Å²) in [6.45, 7) is 3.99. The number of ether oxygens (including phenoxy) is 1. The standard InChI is InChI=1S/C21H23N3O2S/c1-13-8-7-9-14(12-13)24-20(27)22-18-15-10-5-6-11-16(15)26-21(24,2)17(18)19(25)23(3)4/h5-12,17-18H,1-4H3,(H,22,27)/t17-,18-,21-/m0/s1. The molecule has 3 atom stereocenters. The molecule has 0 aromatic heterocycles. The molecule has 2 bridgehead atoms. The van der Waals surface area contributed by atoms with E-state index < -0.39 is 11.6 Å². The number of benzene rings is 2. The summed E-state index contributed by atoms with van der Waals surface area (Å²) in [4.78, 5) is 16.8. The van der Waals surface area contributed by atoms with Crippen molar-refractivity contribution in [1.29, 1.82) is 0 Å². The number of carbonyl (C=O) groups excluding carboxylic acids is 1. The minimum absolute atomic E-state index is 0.00431. The van der Waals surface area contributed by atoms with Crippen LogP contribution in [0, 0.1) is 12.8 Å². The molecule has 4 rings (SSSR count). The van der Waals surface area contributed by atoms with Crippen LogP contribution in [0.3, 0.4) is 0 Å². The average molecular weight is 382 g/mol. The molecule has 1 amide bonds. The monoisotopic (exact) mass is 381 g/mol. The van der Waals surface area contributed by atoms with Crippen LogP contribution >= 0.6 is 12.2 Å². The second kappa shape index (κ2) is 6.23. The zero-order chi connectivity index (χ0) is 19.3. The van der Waals surface area contributed by atoms with E-state index in [1.807, 2.05) is 61.2 Å². The van der Waals surface area contributed by atoms with E-state index in [0.717, 1.165) is 22.6 Å². The number of anilines is 1. The van der Waals surface area contributed by atoms with Crippen LogP contribution in [-0.4, -0.2) is 35.7 Å². The quantitative estimate of drug-likeness (QED) is 0.809. The number of hydrogen-bond donors (Lipinski definition) is 1. The lowest BCUT2D eigenvalue weighted by Gasteiger charge is -2.56. The van der Waals surface area contributed by atoms with Crippen molar-refractivity contribution in [2.24, 2.45) is 5.92 Å². The van der Waals surface area contributed by atoms with Crippen LogP contribution in [0.15, 0.2) is 48.5 Å². The van der Waals surface area contributed by atoms with Crippen LogP contribution in [0.4, 0.5) is 5.69 Å². The summed E-state index contributed by atoms with van der Waals surface area (Å²) >= 11 is 5.72. The maximum absolute atomic E-state index is 13.2. The Bertz CT molecular complexity index is 929. The van der Waals surface area contributed by atoms with Gasteiger partial charge in [0.1, 0.15) is 11.7 Å². The van der Waals surface area contributed by atoms with E-state index in [2.05, 4.69) is 11.4 Å². The molecule has 0 saturated carbocycles. The van der Waals surface area contributed by atoms with Crippen molar-refractivity contribution in [3.8, 4) is 5.75 Å². The molecule has 2 aliphatic heterocycles. The van der Waals surface area contributed by atoms with Crippen molar-refractivity contribution in [2.45, 2.75) is 25.6 Å². The van der Waals surface area contributed by atoms with Gasteiger partial charge in [0.2, 0.25) is 5.91 Å². The number of hydrogen-bond acceptors (Lipinski definition) is 3. The Hall–Kier alpha value is -2.60. The number of nitrogens with zero attached hydrogens (tertiary/aromatic N) is 2. The smallest absolute Gasteiger partial charge is 0.233 e. The largest absolute Gasteiger partial charge is 0.467 e. The van der Waals surface area contributed by atoms with Crippen molar-refractivity contribution in [3.05, 3.63) is 59.7 Å². The molecule has 2 heterocycles. The fourth-order valence-electron chi connectivity index (χ4n) is 4.14. The molecule has 0 aliphatic carbocycles. The molecular weight excluding hydrogens is 358 g/mol. The molecule has 1 saturated heterocycles. The average Bonchev–Trinajstić information content (AvgIpc) is 2.60. The van der Waals surface area contributed by atoms with Gasteiger partial charge < -0.3 is 15.0 Å². The highest BCUT2D eigenvalue weighted by atomic mass is 32.1. The highest BCUT2D eigenvalue weighted by molar-refractivity contribution is 7.80. The van der Waals surface area contributed by atoms with E-state index in [0.29, 0.717) is 5.11 Å². The first kappa shape index (κ1) is 17.8. The van der Waals surface area contributed by atoms with Gasteiger partial charge in [-0.3, -0.25) is 9.69 Å². The number of thiocarbonyl (C=S) groups is 1. The zero-order valence-corrected chi connectivity index (χ0v) is 16.7. The molecule has 0 radical (unpaired) electrons. The predicted octanol–water partition coefficient (Wildman–Crippen LogP) is 3.24. The number of rotatable bonds is 2. The van der Waals surface area contributed by atoms with Gasteiger partial charge in [-0.1, -0.05) is 30.3 Å². The van der Waals surface area contributed by atoms with E-state index in [9.17, 15) is 4.79 Å². The van der Waals surface area contributed by atoms with Gasteiger partial charge in [0, 0.05) is 25.3 Å². The van der Waals surface area contributed by atoms with Crippen LogP contribution < -0.4 is 15.0 Å². The molecule has 2 aromatic carbocycles. The third-order valence-corrected chi connectivity index (χ3v) is 5.67. The number of carbonyl (C=O) groups is 1. The van der Waals surface area contributed by atoms with E-state index >= 15 is 0 Å². The van der Waals surface area contributed by atoms with Crippen LogP contribution in [0.2, 0.25) is 0 Å². The van der Waals surface area contributed by atoms with Gasteiger partial charge in [-0.05, 0) is 49.8 Å². The SMILES string of the molecule is Cc1cccc(N2C(=S)N[C@H]3c4ccccc4O[C@@]2(C)[C@@H]3C(=O)N(C)C)c1. The maximum Gasteiger partial charge on any atom is 0.233 e. The van der Waals surface area contributed by atoms with E-state index in [4.69, 9.17) is 17.0 Å². The first-order valence-corrected chi connectivity index (χ1v) is 9.40. The normalized spacial score (nSPS) is 25.9. The van der Waals surface area contributed by atoms with E-state index in [1.165, 1.54) is 0 Å². The molecular formula is C21H23N3O2S. The summed E-state index contributed by atoms with van der Waals surface area (Å²) in [6, 6.07) is 15.7. The second-order valence-electron chi connectivity index (χ2n) is 7.51. The van der Waals surface area contributed by atoms with Gasteiger partial charge in [0.15, 0.2) is 10.8 Å². The molecule has 2 aromatic rings. The maximum atomic E-state index is 13.2. The summed E-state index contributed by atoms with van der Waals surface area (Å²) in [5.41, 5.74) is 2.05. The van der Waals surface area contributed by atoms with Gasteiger partial charge >= 0.3 is 0 Å². The highest BCUT2D eigenvalue weighted by Gasteiger charge is 2.59. The van der Waals surface area contributed by atoms with Gasteiger partial charge in [0.05, 0.1) is 6.04 Å². The summed E-state index contributed by atoms with van der Waals surface area (Å²) in [6.07, 6.45) is 0. The summed E-state index contributed by atoms with van der Waals surface area (Å²) in [5, 5.41) is 3.97. The molecule has 0 unspecified atom stereocenters. The number of amides is 1. The molecule has 5 nitrogen and oxygen atoms in total. The topological polar surface area (TPSA) is 44.8 Å². The Balaban J connectivity index is 1.92. The lowest BCUT2D eigenvalue weighted by molar-refractivity contribution is -0.144. The van der Waals surface area contributed by atoms with Crippen molar-refractivity contribution < 1.29 is 9.53 Å². The lowest BCUT2D eigenvalue weighted by atomic mass is 9.78. The van der Waals surface area contributed by atoms with Gasteiger partial charge in [-0.25, -0.2) is 0 Å². The lowest BCUT2D eigenvalue weighted by Crippen LogP contribution is -2.72. The van der Waals surface area contributed by atoms with E-state index in [1.54, 1.807) is 19.0 Å². The third-order valence-electron chi connectivity index (χ3n) is 5.37. The van der Waals surface area contributed by atoms with Crippen molar-refractivity contribution in [3.63, 3.8) is 0 Å². The van der Waals surface area contributed by atoms with Crippen LogP contribution in [-0.2, 0) is 4.79 Å². The minimum Gasteiger partial charge on any atom is -0.467 e. The van der Waals surface area contributed by atoms with Crippen LogP contribution in [0.1, 0.15) is 24.1 Å². The Morgan fingerprint density at radius 3 is 2.67 bits per heavy atom. The Morgan fingerprint density at radius 2 is 1.96 bits per heavy atom. The Kier molecular flexibility index (Phi) is 4.11. The Labute approximate surface area is 164 Å². The zero-order valence-electron chi connectivity index (χ0n) is 15.9. The molecule has 0 spiro atoms. The molecule has 140 valence electrons. The fourth-order valence-corrected chi connectivity index (χ4v) is 4.55.